The Labute approximate surface area is 114 Å². The molecular formula is C14H21ClN2O. The highest BCUT2D eigenvalue weighted by Crippen LogP contribution is 2.13. The van der Waals surface area contributed by atoms with Crippen molar-refractivity contribution in [1.29, 1.82) is 0 Å². The van der Waals surface area contributed by atoms with Crippen LogP contribution in [0.3, 0.4) is 0 Å². The van der Waals surface area contributed by atoms with Crippen LogP contribution in [-0.4, -0.2) is 18.5 Å². The zero-order valence-corrected chi connectivity index (χ0v) is 11.8. The van der Waals surface area contributed by atoms with Crippen LogP contribution in [-0.2, 0) is 4.79 Å². The third kappa shape index (κ3) is 5.52. The highest BCUT2D eigenvalue weighted by atomic mass is 35.5. The van der Waals surface area contributed by atoms with E-state index in [-0.39, 0.29) is 5.91 Å². The summed E-state index contributed by atoms with van der Waals surface area (Å²) < 4.78 is 0. The van der Waals surface area contributed by atoms with E-state index in [0.29, 0.717) is 17.6 Å². The number of hydrogen-bond donors (Lipinski definition) is 2. The summed E-state index contributed by atoms with van der Waals surface area (Å²) in [6.07, 6.45) is 3.27. The third-order valence-electron chi connectivity index (χ3n) is 2.81. The van der Waals surface area contributed by atoms with Gasteiger partial charge in [0.15, 0.2) is 0 Å². The predicted molar refractivity (Wildman–Crippen MR) is 77.1 cm³/mol. The Morgan fingerprint density at radius 1 is 1.28 bits per heavy atom. The van der Waals surface area contributed by atoms with Gasteiger partial charge in [0.25, 0.3) is 0 Å². The summed E-state index contributed by atoms with van der Waals surface area (Å²) >= 11 is 5.78. The molecule has 0 aliphatic heterocycles. The second-order valence-corrected chi connectivity index (χ2v) is 4.77. The van der Waals surface area contributed by atoms with Crippen LogP contribution in [0.1, 0.15) is 33.1 Å². The quantitative estimate of drug-likeness (QED) is 0.795. The second kappa shape index (κ2) is 8.11. The molecule has 1 aromatic carbocycles. The van der Waals surface area contributed by atoms with Crippen molar-refractivity contribution in [3.8, 4) is 0 Å². The Hall–Kier alpha value is -1.06. The Morgan fingerprint density at radius 3 is 2.50 bits per heavy atom. The van der Waals surface area contributed by atoms with E-state index in [1.54, 1.807) is 24.3 Å². The van der Waals surface area contributed by atoms with E-state index in [9.17, 15) is 4.79 Å². The number of benzene rings is 1. The molecule has 1 amide bonds. The fourth-order valence-corrected chi connectivity index (χ4v) is 1.90. The Bertz CT molecular complexity index is 365. The van der Waals surface area contributed by atoms with Crippen LogP contribution in [0, 0.1) is 0 Å². The van der Waals surface area contributed by atoms with Gasteiger partial charge in [-0.15, -0.1) is 0 Å². The molecule has 0 bridgehead atoms. The molecule has 2 N–H and O–H groups in total. The highest BCUT2D eigenvalue weighted by molar-refractivity contribution is 6.30. The number of amides is 1. The molecule has 0 saturated carbocycles. The molecule has 1 rings (SSSR count). The normalized spacial score (nSPS) is 12.2. The summed E-state index contributed by atoms with van der Waals surface area (Å²) in [5.74, 6) is -0.0214. The maximum absolute atomic E-state index is 11.7. The molecule has 0 aliphatic rings. The topological polar surface area (TPSA) is 41.1 Å². The lowest BCUT2D eigenvalue weighted by atomic mass is 10.1. The first kappa shape index (κ1) is 15.0. The zero-order chi connectivity index (χ0) is 13.4. The molecule has 100 valence electrons. The van der Waals surface area contributed by atoms with Crippen LogP contribution >= 0.6 is 11.6 Å². The van der Waals surface area contributed by atoms with Crippen molar-refractivity contribution in [2.24, 2.45) is 0 Å². The molecule has 0 fully saturated rings. The zero-order valence-electron chi connectivity index (χ0n) is 11.0. The maximum atomic E-state index is 11.7. The second-order valence-electron chi connectivity index (χ2n) is 4.33. The first-order valence-electron chi connectivity index (χ1n) is 6.44. The van der Waals surface area contributed by atoms with E-state index in [0.717, 1.165) is 24.9 Å². The maximum Gasteiger partial charge on any atom is 0.238 e. The minimum atomic E-state index is -0.0214. The monoisotopic (exact) mass is 268 g/mol. The van der Waals surface area contributed by atoms with Crippen LogP contribution in [0.25, 0.3) is 0 Å². The number of halogens is 1. The lowest BCUT2D eigenvalue weighted by Gasteiger charge is -2.15. The summed E-state index contributed by atoms with van der Waals surface area (Å²) in [6, 6.07) is 7.53. The average Bonchev–Trinajstić information content (AvgIpc) is 2.37. The summed E-state index contributed by atoms with van der Waals surface area (Å²) in [5, 5.41) is 6.76. The Kier molecular flexibility index (Phi) is 6.76. The van der Waals surface area contributed by atoms with Crippen molar-refractivity contribution in [2.75, 3.05) is 11.9 Å². The third-order valence-corrected chi connectivity index (χ3v) is 3.06. The van der Waals surface area contributed by atoms with Crippen molar-refractivity contribution in [1.82, 2.24) is 5.32 Å². The summed E-state index contributed by atoms with van der Waals surface area (Å²) in [4.78, 5) is 11.7. The first-order valence-corrected chi connectivity index (χ1v) is 6.82. The van der Waals surface area contributed by atoms with Gasteiger partial charge in [-0.1, -0.05) is 31.9 Å². The minimum Gasteiger partial charge on any atom is -0.325 e. The van der Waals surface area contributed by atoms with E-state index in [1.807, 2.05) is 0 Å². The molecule has 1 aromatic rings. The van der Waals surface area contributed by atoms with Crippen molar-refractivity contribution in [3.05, 3.63) is 29.3 Å². The molecule has 0 radical (unpaired) electrons. The van der Waals surface area contributed by atoms with Gasteiger partial charge in [0.05, 0.1) is 6.54 Å². The van der Waals surface area contributed by atoms with Crippen LogP contribution < -0.4 is 10.6 Å². The Morgan fingerprint density at radius 2 is 1.94 bits per heavy atom. The van der Waals surface area contributed by atoms with Gasteiger partial charge in [0, 0.05) is 16.8 Å². The fourth-order valence-electron chi connectivity index (χ4n) is 1.77. The van der Waals surface area contributed by atoms with E-state index in [2.05, 4.69) is 24.5 Å². The number of anilines is 1. The summed E-state index contributed by atoms with van der Waals surface area (Å²) in [5.41, 5.74) is 0.773. The van der Waals surface area contributed by atoms with Crippen molar-refractivity contribution < 1.29 is 4.79 Å². The smallest absolute Gasteiger partial charge is 0.238 e. The fraction of sp³-hybridized carbons (Fsp3) is 0.500. The summed E-state index contributed by atoms with van der Waals surface area (Å²) in [7, 11) is 0. The minimum absolute atomic E-state index is 0.0214. The number of hydrogen-bond acceptors (Lipinski definition) is 2. The van der Waals surface area contributed by atoms with Crippen LogP contribution in [0.5, 0.6) is 0 Å². The van der Waals surface area contributed by atoms with Crippen LogP contribution in [0.4, 0.5) is 5.69 Å². The highest BCUT2D eigenvalue weighted by Gasteiger charge is 2.07. The molecule has 1 atom stereocenters. The van der Waals surface area contributed by atoms with Gasteiger partial charge in [-0.2, -0.15) is 0 Å². The van der Waals surface area contributed by atoms with Crippen molar-refractivity contribution in [2.45, 2.75) is 39.2 Å². The van der Waals surface area contributed by atoms with Gasteiger partial charge >= 0.3 is 0 Å². The molecule has 0 aromatic heterocycles. The van der Waals surface area contributed by atoms with Gasteiger partial charge in [-0.25, -0.2) is 0 Å². The lowest BCUT2D eigenvalue weighted by molar-refractivity contribution is -0.115. The number of rotatable bonds is 7. The molecule has 1 unspecified atom stereocenters. The van der Waals surface area contributed by atoms with Gasteiger partial charge in [-0.05, 0) is 37.1 Å². The molecule has 0 spiro atoms. The van der Waals surface area contributed by atoms with Gasteiger partial charge in [0.1, 0.15) is 0 Å². The molecule has 3 nitrogen and oxygen atoms in total. The van der Waals surface area contributed by atoms with E-state index < -0.39 is 0 Å². The number of carbonyl (C=O) groups is 1. The first-order chi connectivity index (χ1) is 8.65. The molecule has 0 aliphatic carbocycles. The van der Waals surface area contributed by atoms with Crippen molar-refractivity contribution in [3.63, 3.8) is 0 Å². The largest absolute Gasteiger partial charge is 0.325 e. The van der Waals surface area contributed by atoms with E-state index in [1.165, 1.54) is 0 Å². The van der Waals surface area contributed by atoms with Crippen LogP contribution in [0.15, 0.2) is 24.3 Å². The van der Waals surface area contributed by atoms with Gasteiger partial charge in [-0.3, -0.25) is 4.79 Å². The number of nitrogens with one attached hydrogen (secondary N) is 2. The lowest BCUT2D eigenvalue weighted by Crippen LogP contribution is -2.35. The summed E-state index contributed by atoms with van der Waals surface area (Å²) in [6.45, 7) is 4.63. The SMILES string of the molecule is CCCC(CC)NCC(=O)Nc1ccc(Cl)cc1. The van der Waals surface area contributed by atoms with Crippen LogP contribution in [0.2, 0.25) is 5.02 Å². The average molecular weight is 269 g/mol. The molecular weight excluding hydrogens is 248 g/mol. The van der Waals surface area contributed by atoms with Gasteiger partial charge < -0.3 is 10.6 Å². The van der Waals surface area contributed by atoms with E-state index in [4.69, 9.17) is 11.6 Å². The standard InChI is InChI=1S/C14H21ClN2O/c1-3-5-12(4-2)16-10-14(18)17-13-8-6-11(15)7-9-13/h6-9,12,16H,3-5,10H2,1-2H3,(H,17,18). The Balaban J connectivity index is 2.35. The predicted octanol–water partition coefficient (Wildman–Crippen LogP) is 3.45. The number of carbonyl (C=O) groups excluding carboxylic acids is 1. The molecule has 0 saturated heterocycles. The van der Waals surface area contributed by atoms with Crippen molar-refractivity contribution >= 4 is 23.2 Å². The molecule has 4 heteroatoms. The van der Waals surface area contributed by atoms with E-state index >= 15 is 0 Å². The molecule has 0 heterocycles. The van der Waals surface area contributed by atoms with Gasteiger partial charge in [0.2, 0.25) is 5.91 Å². The molecule has 18 heavy (non-hydrogen) atoms.